The zero-order valence-electron chi connectivity index (χ0n) is 9.20. The van der Waals surface area contributed by atoms with Crippen molar-refractivity contribution in [2.45, 2.75) is 13.5 Å². The van der Waals surface area contributed by atoms with E-state index in [2.05, 4.69) is 15.9 Å². The standard InChI is InChI=1S/C11H16BrNO3/c1-2-15-10-6-8(7-13)5-9(12)11(10)16-4-3-14/h5-6,14H,2-4,7,13H2,1H3. The largest absolute Gasteiger partial charge is 0.490 e. The Morgan fingerprint density at radius 1 is 1.38 bits per heavy atom. The third-order valence-electron chi connectivity index (χ3n) is 1.94. The van der Waals surface area contributed by atoms with E-state index in [1.54, 1.807) is 0 Å². The molecule has 0 aliphatic rings. The predicted molar refractivity (Wildman–Crippen MR) is 65.8 cm³/mol. The van der Waals surface area contributed by atoms with Crippen molar-refractivity contribution in [3.8, 4) is 11.5 Å². The van der Waals surface area contributed by atoms with Crippen molar-refractivity contribution >= 4 is 15.9 Å². The molecule has 0 heterocycles. The summed E-state index contributed by atoms with van der Waals surface area (Å²) in [6, 6.07) is 3.73. The van der Waals surface area contributed by atoms with Gasteiger partial charge < -0.3 is 20.3 Å². The Labute approximate surface area is 103 Å². The number of nitrogens with two attached hydrogens (primary N) is 1. The molecule has 5 heteroatoms. The molecular weight excluding hydrogens is 274 g/mol. The highest BCUT2D eigenvalue weighted by Crippen LogP contribution is 2.36. The highest BCUT2D eigenvalue weighted by atomic mass is 79.9. The van der Waals surface area contributed by atoms with E-state index in [0.29, 0.717) is 24.7 Å². The molecule has 0 unspecified atom stereocenters. The number of rotatable bonds is 6. The Kier molecular flexibility index (Phi) is 5.59. The molecule has 0 radical (unpaired) electrons. The highest BCUT2D eigenvalue weighted by Gasteiger charge is 2.11. The van der Waals surface area contributed by atoms with E-state index in [1.165, 1.54) is 0 Å². The summed E-state index contributed by atoms with van der Waals surface area (Å²) in [5, 5.41) is 8.74. The second-order valence-electron chi connectivity index (χ2n) is 3.11. The number of hydrogen-bond acceptors (Lipinski definition) is 4. The Morgan fingerprint density at radius 3 is 2.69 bits per heavy atom. The minimum atomic E-state index is -0.0311. The molecule has 16 heavy (non-hydrogen) atoms. The number of benzene rings is 1. The Morgan fingerprint density at radius 2 is 2.12 bits per heavy atom. The molecule has 0 saturated carbocycles. The number of ether oxygens (including phenoxy) is 2. The lowest BCUT2D eigenvalue weighted by atomic mass is 10.2. The van der Waals surface area contributed by atoms with Crippen LogP contribution in [-0.4, -0.2) is 24.9 Å². The van der Waals surface area contributed by atoms with Crippen LogP contribution in [0.25, 0.3) is 0 Å². The fraction of sp³-hybridized carbons (Fsp3) is 0.455. The van der Waals surface area contributed by atoms with Crippen LogP contribution < -0.4 is 15.2 Å². The molecule has 1 aromatic rings. The molecule has 1 aromatic carbocycles. The summed E-state index contributed by atoms with van der Waals surface area (Å²) < 4.78 is 11.7. The lowest BCUT2D eigenvalue weighted by Crippen LogP contribution is -2.06. The smallest absolute Gasteiger partial charge is 0.175 e. The van der Waals surface area contributed by atoms with Gasteiger partial charge in [-0.05, 0) is 40.5 Å². The molecule has 0 spiro atoms. The van der Waals surface area contributed by atoms with Gasteiger partial charge in [0.2, 0.25) is 0 Å². The van der Waals surface area contributed by atoms with Crippen LogP contribution in [0.2, 0.25) is 0 Å². The van der Waals surface area contributed by atoms with Gasteiger partial charge in [0.1, 0.15) is 6.61 Å². The summed E-state index contributed by atoms with van der Waals surface area (Å²) in [6.07, 6.45) is 0. The van der Waals surface area contributed by atoms with Gasteiger partial charge in [0.05, 0.1) is 17.7 Å². The van der Waals surface area contributed by atoms with Crippen LogP contribution in [-0.2, 0) is 6.54 Å². The van der Waals surface area contributed by atoms with E-state index in [0.717, 1.165) is 10.0 Å². The molecule has 0 saturated heterocycles. The van der Waals surface area contributed by atoms with Crippen molar-refractivity contribution in [2.75, 3.05) is 19.8 Å². The average Bonchev–Trinajstić information content (AvgIpc) is 2.28. The van der Waals surface area contributed by atoms with Gasteiger partial charge in [-0.1, -0.05) is 0 Å². The molecule has 1 rings (SSSR count). The van der Waals surface area contributed by atoms with E-state index in [1.807, 2.05) is 19.1 Å². The highest BCUT2D eigenvalue weighted by molar-refractivity contribution is 9.10. The number of halogens is 1. The third kappa shape index (κ3) is 3.37. The Bertz CT molecular complexity index is 344. The van der Waals surface area contributed by atoms with Gasteiger partial charge in [0.25, 0.3) is 0 Å². The number of aliphatic hydroxyl groups excluding tert-OH is 1. The summed E-state index contributed by atoms with van der Waals surface area (Å²) in [6.45, 7) is 3.10. The molecule has 0 aliphatic carbocycles. The van der Waals surface area contributed by atoms with Gasteiger partial charge in [0.15, 0.2) is 11.5 Å². The van der Waals surface area contributed by atoms with Gasteiger partial charge in [-0.3, -0.25) is 0 Å². The van der Waals surface area contributed by atoms with Crippen LogP contribution >= 0.6 is 15.9 Å². The van der Waals surface area contributed by atoms with E-state index >= 15 is 0 Å². The van der Waals surface area contributed by atoms with Crippen molar-refractivity contribution in [3.05, 3.63) is 22.2 Å². The fourth-order valence-electron chi connectivity index (χ4n) is 1.29. The van der Waals surface area contributed by atoms with Gasteiger partial charge in [-0.25, -0.2) is 0 Å². The van der Waals surface area contributed by atoms with Crippen molar-refractivity contribution in [1.82, 2.24) is 0 Å². The molecule has 0 fully saturated rings. The first-order valence-corrected chi connectivity index (χ1v) is 5.91. The van der Waals surface area contributed by atoms with Crippen molar-refractivity contribution in [3.63, 3.8) is 0 Å². The normalized spacial score (nSPS) is 10.2. The van der Waals surface area contributed by atoms with Crippen molar-refractivity contribution in [2.24, 2.45) is 5.73 Å². The second kappa shape index (κ2) is 6.73. The first-order valence-electron chi connectivity index (χ1n) is 5.11. The number of aliphatic hydroxyl groups is 1. The van der Waals surface area contributed by atoms with Gasteiger partial charge in [-0.2, -0.15) is 0 Å². The minimum Gasteiger partial charge on any atom is -0.490 e. The van der Waals surface area contributed by atoms with E-state index < -0.39 is 0 Å². The average molecular weight is 290 g/mol. The lowest BCUT2D eigenvalue weighted by molar-refractivity contribution is 0.193. The topological polar surface area (TPSA) is 64.7 Å². The van der Waals surface area contributed by atoms with Crippen molar-refractivity contribution in [1.29, 1.82) is 0 Å². The summed E-state index contributed by atoms with van der Waals surface area (Å²) in [7, 11) is 0. The van der Waals surface area contributed by atoms with Crippen LogP contribution in [0.15, 0.2) is 16.6 Å². The SMILES string of the molecule is CCOc1cc(CN)cc(Br)c1OCCO. The third-order valence-corrected chi connectivity index (χ3v) is 2.53. The van der Waals surface area contributed by atoms with Gasteiger partial charge >= 0.3 is 0 Å². The van der Waals surface area contributed by atoms with Gasteiger partial charge in [-0.15, -0.1) is 0 Å². The molecule has 0 atom stereocenters. The second-order valence-corrected chi connectivity index (χ2v) is 3.97. The first-order chi connectivity index (χ1) is 7.72. The predicted octanol–water partition coefficient (Wildman–Crippen LogP) is 1.68. The maximum atomic E-state index is 8.74. The molecular formula is C11H16BrNO3. The molecule has 4 nitrogen and oxygen atoms in total. The quantitative estimate of drug-likeness (QED) is 0.836. The van der Waals surface area contributed by atoms with E-state index in [9.17, 15) is 0 Å². The Balaban J connectivity index is 3.01. The van der Waals surface area contributed by atoms with Crippen LogP contribution in [0.3, 0.4) is 0 Å². The molecule has 0 bridgehead atoms. The summed E-state index contributed by atoms with van der Waals surface area (Å²) in [4.78, 5) is 0. The van der Waals surface area contributed by atoms with Crippen LogP contribution in [0.4, 0.5) is 0 Å². The minimum absolute atomic E-state index is 0.0311. The maximum absolute atomic E-state index is 8.74. The summed E-state index contributed by atoms with van der Waals surface area (Å²) in [5.74, 6) is 1.25. The summed E-state index contributed by atoms with van der Waals surface area (Å²) >= 11 is 3.40. The Hall–Kier alpha value is -0.780. The first kappa shape index (κ1) is 13.3. The number of hydrogen-bond donors (Lipinski definition) is 2. The van der Waals surface area contributed by atoms with Crippen molar-refractivity contribution < 1.29 is 14.6 Å². The fourth-order valence-corrected chi connectivity index (χ4v) is 1.89. The summed E-state index contributed by atoms with van der Waals surface area (Å²) in [5.41, 5.74) is 6.54. The molecule has 0 amide bonds. The van der Waals surface area contributed by atoms with E-state index in [4.69, 9.17) is 20.3 Å². The zero-order chi connectivity index (χ0) is 12.0. The van der Waals surface area contributed by atoms with Crippen LogP contribution in [0, 0.1) is 0 Å². The van der Waals surface area contributed by atoms with Crippen LogP contribution in [0.1, 0.15) is 12.5 Å². The maximum Gasteiger partial charge on any atom is 0.175 e. The molecule has 0 aromatic heterocycles. The monoisotopic (exact) mass is 289 g/mol. The van der Waals surface area contributed by atoms with Gasteiger partial charge in [0, 0.05) is 6.54 Å². The molecule has 3 N–H and O–H groups in total. The lowest BCUT2D eigenvalue weighted by Gasteiger charge is -2.14. The molecule has 0 aliphatic heterocycles. The van der Waals surface area contributed by atoms with Crippen LogP contribution in [0.5, 0.6) is 11.5 Å². The zero-order valence-corrected chi connectivity index (χ0v) is 10.8. The molecule has 90 valence electrons. The van der Waals surface area contributed by atoms with E-state index in [-0.39, 0.29) is 13.2 Å².